The van der Waals surface area contributed by atoms with Crippen LogP contribution in [-0.4, -0.2) is 37.7 Å². The summed E-state index contributed by atoms with van der Waals surface area (Å²) >= 11 is 0. The van der Waals surface area contributed by atoms with Gasteiger partial charge in [-0.05, 0) is 37.1 Å². The average Bonchev–Trinajstić information content (AvgIpc) is 3.17. The van der Waals surface area contributed by atoms with Crippen LogP contribution in [0.15, 0.2) is 42.9 Å². The Labute approximate surface area is 157 Å². The third kappa shape index (κ3) is 3.94. The molecule has 27 heavy (non-hydrogen) atoms. The summed E-state index contributed by atoms with van der Waals surface area (Å²) in [4.78, 5) is 21.1. The summed E-state index contributed by atoms with van der Waals surface area (Å²) in [5.74, 6) is 1.40. The van der Waals surface area contributed by atoms with Crippen LogP contribution < -0.4 is 10.1 Å². The van der Waals surface area contributed by atoms with Crippen LogP contribution in [0, 0.1) is 5.92 Å². The Morgan fingerprint density at radius 1 is 1.19 bits per heavy atom. The second-order valence-electron chi connectivity index (χ2n) is 6.47. The molecular weight excluding hydrogens is 344 g/mol. The lowest BCUT2D eigenvalue weighted by molar-refractivity contribution is 0.102. The molecule has 0 aliphatic carbocycles. The van der Waals surface area contributed by atoms with Crippen molar-refractivity contribution in [1.29, 1.82) is 0 Å². The van der Waals surface area contributed by atoms with Gasteiger partial charge in [-0.3, -0.25) is 4.79 Å². The molecule has 8 heteroatoms. The molecule has 0 saturated heterocycles. The van der Waals surface area contributed by atoms with E-state index >= 15 is 0 Å². The molecular formula is C19H22N6O2. The van der Waals surface area contributed by atoms with Crippen molar-refractivity contribution >= 4 is 11.7 Å². The Kier molecular flexibility index (Phi) is 5.44. The van der Waals surface area contributed by atoms with Crippen molar-refractivity contribution in [2.24, 2.45) is 5.92 Å². The first-order valence-electron chi connectivity index (χ1n) is 8.68. The minimum absolute atomic E-state index is 0.217. The highest BCUT2D eigenvalue weighted by Gasteiger charge is 2.18. The maximum Gasteiger partial charge on any atom is 0.262 e. The van der Waals surface area contributed by atoms with Crippen LogP contribution >= 0.6 is 0 Å². The lowest BCUT2D eigenvalue weighted by atomic mass is 10.1. The number of amides is 1. The Balaban J connectivity index is 1.87. The number of ether oxygens (including phenoxy) is 1. The Bertz CT molecular complexity index is 937. The monoisotopic (exact) mass is 366 g/mol. The third-order valence-corrected chi connectivity index (χ3v) is 4.41. The zero-order chi connectivity index (χ0) is 19.4. The molecule has 8 nitrogen and oxygen atoms in total. The molecule has 0 aliphatic heterocycles. The fourth-order valence-electron chi connectivity index (χ4n) is 2.58. The second kappa shape index (κ2) is 7.94. The van der Waals surface area contributed by atoms with Crippen LogP contribution in [0.3, 0.4) is 0 Å². The Hall–Kier alpha value is -3.29. The van der Waals surface area contributed by atoms with E-state index in [1.807, 2.05) is 16.7 Å². The predicted octanol–water partition coefficient (Wildman–Crippen LogP) is 3.21. The largest absolute Gasteiger partial charge is 0.480 e. The maximum absolute atomic E-state index is 12.6. The van der Waals surface area contributed by atoms with Crippen molar-refractivity contribution in [3.05, 3.63) is 48.4 Å². The van der Waals surface area contributed by atoms with Gasteiger partial charge in [-0.1, -0.05) is 19.9 Å². The molecule has 3 aromatic rings. The number of pyridine rings is 2. The van der Waals surface area contributed by atoms with Gasteiger partial charge in [0.2, 0.25) is 5.88 Å². The van der Waals surface area contributed by atoms with Gasteiger partial charge in [0.05, 0.1) is 7.11 Å². The Morgan fingerprint density at radius 2 is 2.00 bits per heavy atom. The molecule has 3 heterocycles. The van der Waals surface area contributed by atoms with E-state index in [1.54, 1.807) is 30.7 Å². The highest BCUT2D eigenvalue weighted by atomic mass is 16.5. The van der Waals surface area contributed by atoms with E-state index in [2.05, 4.69) is 46.3 Å². The van der Waals surface area contributed by atoms with Gasteiger partial charge in [0.25, 0.3) is 5.91 Å². The zero-order valence-corrected chi connectivity index (χ0v) is 15.7. The standard InChI is InChI=1S/C19H22N6O2/c1-12(2)13(3)25-11-21-24-17(25)15-8-5-9-16(22-15)23-18(26)14-7-6-10-20-19(14)27-4/h5-13H,1-4H3,(H,22,23,26). The minimum Gasteiger partial charge on any atom is -0.480 e. The van der Waals surface area contributed by atoms with Gasteiger partial charge < -0.3 is 14.6 Å². The smallest absolute Gasteiger partial charge is 0.262 e. The number of methoxy groups -OCH3 is 1. The normalized spacial score (nSPS) is 12.0. The van der Waals surface area contributed by atoms with Gasteiger partial charge in [-0.15, -0.1) is 10.2 Å². The summed E-state index contributed by atoms with van der Waals surface area (Å²) in [5.41, 5.74) is 0.972. The SMILES string of the molecule is COc1ncccc1C(=O)Nc1cccc(-c2nncn2C(C)C(C)C)n1. The lowest BCUT2D eigenvalue weighted by Crippen LogP contribution is -2.15. The van der Waals surface area contributed by atoms with Crippen molar-refractivity contribution in [2.75, 3.05) is 12.4 Å². The van der Waals surface area contributed by atoms with Crippen LogP contribution in [0.1, 0.15) is 37.2 Å². The van der Waals surface area contributed by atoms with Gasteiger partial charge in [-0.25, -0.2) is 9.97 Å². The molecule has 1 N–H and O–H groups in total. The van der Waals surface area contributed by atoms with Crippen molar-refractivity contribution in [2.45, 2.75) is 26.8 Å². The number of hydrogen-bond acceptors (Lipinski definition) is 6. The molecule has 1 unspecified atom stereocenters. The second-order valence-corrected chi connectivity index (χ2v) is 6.47. The first-order valence-corrected chi connectivity index (χ1v) is 8.68. The third-order valence-electron chi connectivity index (χ3n) is 4.41. The number of carbonyl (C=O) groups excluding carboxylic acids is 1. The van der Waals surface area contributed by atoms with E-state index in [0.29, 0.717) is 28.8 Å². The fourth-order valence-corrected chi connectivity index (χ4v) is 2.58. The van der Waals surface area contributed by atoms with E-state index in [-0.39, 0.29) is 17.8 Å². The molecule has 1 atom stereocenters. The van der Waals surface area contributed by atoms with E-state index in [4.69, 9.17) is 4.74 Å². The molecule has 0 bridgehead atoms. The summed E-state index contributed by atoms with van der Waals surface area (Å²) in [6.45, 7) is 6.39. The first-order chi connectivity index (χ1) is 13.0. The molecule has 0 aromatic carbocycles. The number of hydrogen-bond donors (Lipinski definition) is 1. The van der Waals surface area contributed by atoms with E-state index < -0.39 is 0 Å². The van der Waals surface area contributed by atoms with Gasteiger partial charge >= 0.3 is 0 Å². The summed E-state index contributed by atoms with van der Waals surface area (Å²) in [6.07, 6.45) is 3.27. The van der Waals surface area contributed by atoms with Gasteiger partial charge in [0.1, 0.15) is 23.4 Å². The van der Waals surface area contributed by atoms with Crippen LogP contribution in [-0.2, 0) is 0 Å². The summed E-state index contributed by atoms with van der Waals surface area (Å²) in [5, 5.41) is 11.0. The quantitative estimate of drug-likeness (QED) is 0.720. The summed E-state index contributed by atoms with van der Waals surface area (Å²) in [7, 11) is 1.47. The van der Waals surface area contributed by atoms with Crippen LogP contribution in [0.2, 0.25) is 0 Å². The average molecular weight is 366 g/mol. The van der Waals surface area contributed by atoms with Crippen LogP contribution in [0.5, 0.6) is 5.88 Å². The molecule has 3 rings (SSSR count). The van der Waals surface area contributed by atoms with Crippen molar-refractivity contribution in [3.8, 4) is 17.4 Å². The highest BCUT2D eigenvalue weighted by Crippen LogP contribution is 2.24. The highest BCUT2D eigenvalue weighted by molar-refractivity contribution is 6.05. The molecule has 1 amide bonds. The molecule has 0 radical (unpaired) electrons. The number of nitrogens with one attached hydrogen (secondary N) is 1. The van der Waals surface area contributed by atoms with Crippen molar-refractivity contribution < 1.29 is 9.53 Å². The number of nitrogens with zero attached hydrogens (tertiary/aromatic N) is 5. The van der Waals surface area contributed by atoms with Crippen LogP contribution in [0.4, 0.5) is 5.82 Å². The van der Waals surface area contributed by atoms with Crippen LogP contribution in [0.25, 0.3) is 11.5 Å². The van der Waals surface area contributed by atoms with Crippen molar-refractivity contribution in [1.82, 2.24) is 24.7 Å². The fraction of sp³-hybridized carbons (Fsp3) is 0.316. The van der Waals surface area contributed by atoms with E-state index in [0.717, 1.165) is 0 Å². The maximum atomic E-state index is 12.6. The number of anilines is 1. The topological polar surface area (TPSA) is 94.8 Å². The van der Waals surface area contributed by atoms with Gasteiger partial charge in [-0.2, -0.15) is 0 Å². The predicted molar refractivity (Wildman–Crippen MR) is 102 cm³/mol. The molecule has 0 fully saturated rings. The molecule has 0 aliphatic rings. The molecule has 140 valence electrons. The summed E-state index contributed by atoms with van der Waals surface area (Å²) in [6, 6.07) is 8.92. The minimum atomic E-state index is -0.346. The first kappa shape index (κ1) is 18.5. The number of rotatable bonds is 6. The van der Waals surface area contributed by atoms with E-state index in [9.17, 15) is 4.79 Å². The Morgan fingerprint density at radius 3 is 2.74 bits per heavy atom. The number of carbonyl (C=O) groups is 1. The zero-order valence-electron chi connectivity index (χ0n) is 15.7. The van der Waals surface area contributed by atoms with Gasteiger partial charge in [0, 0.05) is 12.2 Å². The van der Waals surface area contributed by atoms with E-state index in [1.165, 1.54) is 7.11 Å². The molecule has 0 saturated carbocycles. The summed E-state index contributed by atoms with van der Waals surface area (Å²) < 4.78 is 7.13. The van der Waals surface area contributed by atoms with Gasteiger partial charge in [0.15, 0.2) is 5.82 Å². The lowest BCUT2D eigenvalue weighted by Gasteiger charge is -2.18. The number of aromatic nitrogens is 5. The molecule has 3 aromatic heterocycles. The molecule has 0 spiro atoms. The van der Waals surface area contributed by atoms with Crippen molar-refractivity contribution in [3.63, 3.8) is 0 Å².